The summed E-state index contributed by atoms with van der Waals surface area (Å²) in [7, 11) is 1.44. The Balaban J connectivity index is 2.27. The molecule has 0 bridgehead atoms. The summed E-state index contributed by atoms with van der Waals surface area (Å²) in [5, 5.41) is 2.92. The van der Waals surface area contributed by atoms with E-state index in [0.29, 0.717) is 21.9 Å². The molecular weight excluding hydrogens is 511 g/mol. The highest BCUT2D eigenvalue weighted by Crippen LogP contribution is 2.30. The van der Waals surface area contributed by atoms with Crippen LogP contribution < -0.4 is 10.1 Å². The largest absolute Gasteiger partial charge is 0.497 e. The topological polar surface area (TPSA) is 89.5 Å². The Kier molecular flexibility index (Phi) is 10.4. The quantitative estimate of drug-likeness (QED) is 0.345. The molecule has 2 rings (SSSR count). The van der Waals surface area contributed by atoms with Crippen molar-refractivity contribution in [3.63, 3.8) is 0 Å². The van der Waals surface area contributed by atoms with Gasteiger partial charge in [0.1, 0.15) is 11.8 Å². The van der Waals surface area contributed by atoms with Gasteiger partial charge >= 0.3 is 6.18 Å². The highest BCUT2D eigenvalue weighted by Gasteiger charge is 2.45. The number of rotatable bonds is 12. The van der Waals surface area contributed by atoms with E-state index in [1.807, 2.05) is 0 Å². The zero-order valence-corrected chi connectivity index (χ0v) is 21.7. The van der Waals surface area contributed by atoms with Crippen LogP contribution in [0.1, 0.15) is 55.6 Å². The molecule has 2 aromatic rings. The molecule has 0 aliphatic rings. The molecule has 3 atom stereocenters. The van der Waals surface area contributed by atoms with Gasteiger partial charge in [-0.25, -0.2) is 0 Å². The third-order valence-electron chi connectivity index (χ3n) is 5.99. The highest BCUT2D eigenvalue weighted by atomic mass is 35.5. The van der Waals surface area contributed by atoms with Crippen LogP contribution in [0, 0.1) is 17.8 Å². The van der Waals surface area contributed by atoms with Crippen molar-refractivity contribution < 1.29 is 37.1 Å². The molecule has 0 saturated carbocycles. The summed E-state index contributed by atoms with van der Waals surface area (Å²) in [5.74, 6) is -6.50. The minimum Gasteiger partial charge on any atom is -0.497 e. The Hall–Kier alpha value is -3.20. The van der Waals surface area contributed by atoms with E-state index in [9.17, 15) is 32.3 Å². The lowest BCUT2D eigenvalue weighted by Crippen LogP contribution is -2.40. The number of carbonyl (C=O) groups excluding carboxylic acids is 4. The van der Waals surface area contributed by atoms with Crippen molar-refractivity contribution >= 4 is 34.9 Å². The Labute approximate surface area is 218 Å². The first kappa shape index (κ1) is 30.0. The van der Waals surface area contributed by atoms with Crippen molar-refractivity contribution in [1.29, 1.82) is 0 Å². The van der Waals surface area contributed by atoms with E-state index in [2.05, 4.69) is 5.32 Å². The van der Waals surface area contributed by atoms with Crippen molar-refractivity contribution in [1.82, 2.24) is 5.32 Å². The van der Waals surface area contributed by atoms with Crippen LogP contribution in [0.15, 0.2) is 48.5 Å². The SMILES string of the molecule is COc1ccc([C@H](NC(=O)[C@H](C)CC(=O)c2cccc(Cl)c2)C(=O)C[C@H](C(=O)C(F)(F)F)C(C)C)cc1. The Morgan fingerprint density at radius 1 is 0.973 bits per heavy atom. The summed E-state index contributed by atoms with van der Waals surface area (Å²) in [6.45, 7) is 4.34. The molecule has 0 fully saturated rings. The fourth-order valence-corrected chi connectivity index (χ4v) is 3.95. The second kappa shape index (κ2) is 12.9. The smallest absolute Gasteiger partial charge is 0.450 e. The minimum absolute atomic E-state index is 0.184. The van der Waals surface area contributed by atoms with Crippen LogP contribution in [0.3, 0.4) is 0 Å². The van der Waals surface area contributed by atoms with Crippen LogP contribution in [0.5, 0.6) is 5.75 Å². The van der Waals surface area contributed by atoms with Crippen LogP contribution in [0.25, 0.3) is 0 Å². The number of halogens is 4. The standard InChI is InChI=1S/C27H29ClF3NO5/c1-15(2)21(25(35)27(29,30)31)14-23(34)24(17-8-10-20(37-4)11-9-17)32-26(36)16(3)12-22(33)18-6-5-7-19(28)13-18/h5-11,13,15-16,21,24H,12,14H2,1-4H3,(H,32,36)/t16-,21+,24+/m1/s1. The van der Waals surface area contributed by atoms with E-state index in [0.717, 1.165) is 0 Å². The zero-order chi connectivity index (χ0) is 27.9. The minimum atomic E-state index is -5.09. The molecule has 10 heteroatoms. The number of Topliss-reactive ketones (excluding diaryl/α,β-unsaturated/α-hetero) is 3. The number of ketones is 3. The molecular formula is C27H29ClF3NO5. The molecule has 6 nitrogen and oxygen atoms in total. The molecule has 37 heavy (non-hydrogen) atoms. The normalized spacial score (nSPS) is 14.0. The number of nitrogens with one attached hydrogen (secondary N) is 1. The summed E-state index contributed by atoms with van der Waals surface area (Å²) in [5.41, 5.74) is 0.620. The Bertz CT molecular complexity index is 1130. The Morgan fingerprint density at radius 2 is 1.59 bits per heavy atom. The molecule has 0 aliphatic carbocycles. The molecule has 0 saturated heterocycles. The predicted octanol–water partition coefficient (Wildman–Crippen LogP) is 5.78. The monoisotopic (exact) mass is 539 g/mol. The van der Waals surface area contributed by atoms with Gasteiger partial charge in [0, 0.05) is 35.3 Å². The molecule has 1 N–H and O–H groups in total. The first-order valence-electron chi connectivity index (χ1n) is 11.6. The molecule has 200 valence electrons. The number of ether oxygens (including phenoxy) is 1. The van der Waals surface area contributed by atoms with Gasteiger partial charge in [-0.15, -0.1) is 0 Å². The van der Waals surface area contributed by atoms with Crippen molar-refractivity contribution in [2.45, 2.75) is 45.8 Å². The average molecular weight is 540 g/mol. The maximum atomic E-state index is 13.2. The van der Waals surface area contributed by atoms with Crippen molar-refractivity contribution in [3.05, 3.63) is 64.7 Å². The second-order valence-electron chi connectivity index (χ2n) is 9.14. The number of benzene rings is 2. The summed E-state index contributed by atoms with van der Waals surface area (Å²) >= 11 is 5.92. The molecule has 0 aromatic heterocycles. The number of methoxy groups -OCH3 is 1. The molecule has 0 unspecified atom stereocenters. The van der Waals surface area contributed by atoms with Gasteiger partial charge in [0.05, 0.1) is 7.11 Å². The number of carbonyl (C=O) groups is 4. The van der Waals surface area contributed by atoms with Crippen LogP contribution in [0.2, 0.25) is 5.02 Å². The molecule has 0 radical (unpaired) electrons. The molecule has 0 heterocycles. The summed E-state index contributed by atoms with van der Waals surface area (Å²) in [4.78, 5) is 50.8. The van der Waals surface area contributed by atoms with E-state index < -0.39 is 53.9 Å². The van der Waals surface area contributed by atoms with Gasteiger partial charge < -0.3 is 10.1 Å². The average Bonchev–Trinajstić information content (AvgIpc) is 2.84. The fourth-order valence-electron chi connectivity index (χ4n) is 3.76. The van der Waals surface area contributed by atoms with E-state index >= 15 is 0 Å². The fraction of sp³-hybridized carbons (Fsp3) is 0.407. The first-order chi connectivity index (χ1) is 17.2. The van der Waals surface area contributed by atoms with Crippen molar-refractivity contribution in [2.24, 2.45) is 17.8 Å². The van der Waals surface area contributed by atoms with Gasteiger partial charge in [-0.2, -0.15) is 13.2 Å². The van der Waals surface area contributed by atoms with E-state index in [4.69, 9.17) is 16.3 Å². The molecule has 0 aliphatic heterocycles. The van der Waals surface area contributed by atoms with E-state index in [1.54, 1.807) is 18.2 Å². The van der Waals surface area contributed by atoms with E-state index in [1.165, 1.54) is 58.2 Å². The second-order valence-corrected chi connectivity index (χ2v) is 9.57. The van der Waals surface area contributed by atoms with Gasteiger partial charge in [-0.3, -0.25) is 19.2 Å². The lowest BCUT2D eigenvalue weighted by atomic mass is 9.84. The summed E-state index contributed by atoms with van der Waals surface area (Å²) in [6.07, 6.45) is -6.00. The summed E-state index contributed by atoms with van der Waals surface area (Å²) < 4.78 is 44.5. The number of hydrogen-bond donors (Lipinski definition) is 1. The van der Waals surface area contributed by atoms with Gasteiger partial charge in [-0.1, -0.05) is 56.6 Å². The van der Waals surface area contributed by atoms with Crippen LogP contribution >= 0.6 is 11.6 Å². The molecule has 1 amide bonds. The number of hydrogen-bond acceptors (Lipinski definition) is 5. The number of alkyl halides is 3. The molecule has 2 aromatic carbocycles. The van der Waals surface area contributed by atoms with Gasteiger partial charge in [0.2, 0.25) is 11.7 Å². The molecule has 0 spiro atoms. The van der Waals surface area contributed by atoms with Gasteiger partial charge in [0.25, 0.3) is 0 Å². The maximum absolute atomic E-state index is 13.2. The zero-order valence-electron chi connectivity index (χ0n) is 20.9. The van der Waals surface area contributed by atoms with Gasteiger partial charge in [0.15, 0.2) is 11.6 Å². The van der Waals surface area contributed by atoms with Crippen LogP contribution in [0.4, 0.5) is 13.2 Å². The first-order valence-corrected chi connectivity index (χ1v) is 12.0. The maximum Gasteiger partial charge on any atom is 0.450 e. The lowest BCUT2D eigenvalue weighted by molar-refractivity contribution is -0.177. The van der Waals surface area contributed by atoms with Crippen molar-refractivity contribution in [2.75, 3.05) is 7.11 Å². The van der Waals surface area contributed by atoms with Crippen molar-refractivity contribution in [3.8, 4) is 5.75 Å². The van der Waals surface area contributed by atoms with E-state index in [-0.39, 0.29) is 12.2 Å². The predicted molar refractivity (Wildman–Crippen MR) is 132 cm³/mol. The van der Waals surface area contributed by atoms with Gasteiger partial charge in [-0.05, 0) is 35.7 Å². The third-order valence-corrected chi connectivity index (χ3v) is 6.22. The van der Waals surface area contributed by atoms with Crippen LogP contribution in [-0.4, -0.2) is 36.5 Å². The lowest BCUT2D eigenvalue weighted by Gasteiger charge is -2.25. The van der Waals surface area contributed by atoms with Crippen LogP contribution in [-0.2, 0) is 14.4 Å². The highest BCUT2D eigenvalue weighted by molar-refractivity contribution is 6.31. The summed E-state index contributed by atoms with van der Waals surface area (Å²) in [6, 6.07) is 11.0. The Morgan fingerprint density at radius 3 is 2.11 bits per heavy atom. The third kappa shape index (κ3) is 8.42. The number of amides is 1.